The molecule has 1 amide bonds. The third-order valence-corrected chi connectivity index (χ3v) is 3.11. The maximum absolute atomic E-state index is 11.8. The summed E-state index contributed by atoms with van der Waals surface area (Å²) < 4.78 is 10.4. The minimum Gasteiger partial charge on any atom is -0.497 e. The Balaban J connectivity index is 2.25. The Morgan fingerprint density at radius 1 is 1.42 bits per heavy atom. The largest absolute Gasteiger partial charge is 0.497 e. The molecule has 1 fully saturated rings. The zero-order chi connectivity index (χ0) is 13.8. The predicted octanol–water partition coefficient (Wildman–Crippen LogP) is 1.79. The highest BCUT2D eigenvalue weighted by atomic mass is 16.5. The number of rotatable bonds is 5. The van der Waals surface area contributed by atoms with E-state index in [0.29, 0.717) is 17.1 Å². The molecular formula is C14H16N2O3. The second kappa shape index (κ2) is 5.61. The van der Waals surface area contributed by atoms with Crippen LogP contribution in [0.4, 0.5) is 0 Å². The molecule has 1 aromatic carbocycles. The van der Waals surface area contributed by atoms with Gasteiger partial charge in [-0.25, -0.2) is 0 Å². The summed E-state index contributed by atoms with van der Waals surface area (Å²) in [6.07, 6.45) is 1.80. The first-order valence-electron chi connectivity index (χ1n) is 6.11. The Morgan fingerprint density at radius 2 is 2.16 bits per heavy atom. The van der Waals surface area contributed by atoms with Crippen molar-refractivity contribution in [1.29, 1.82) is 5.26 Å². The van der Waals surface area contributed by atoms with Gasteiger partial charge in [0.05, 0.1) is 20.3 Å². The molecule has 0 aliphatic heterocycles. The SMILES string of the molecule is COc1ccc(OC)c(C(C#N)NC(=O)C2CC2)c1. The first-order chi connectivity index (χ1) is 9.19. The second-order valence-corrected chi connectivity index (χ2v) is 4.45. The van der Waals surface area contributed by atoms with Gasteiger partial charge in [-0.05, 0) is 31.0 Å². The lowest BCUT2D eigenvalue weighted by Crippen LogP contribution is -2.29. The van der Waals surface area contributed by atoms with Gasteiger partial charge in [-0.3, -0.25) is 4.79 Å². The smallest absolute Gasteiger partial charge is 0.224 e. The molecule has 1 unspecified atom stereocenters. The standard InChI is InChI=1S/C14H16N2O3/c1-18-10-5-6-13(19-2)11(7-10)12(8-15)16-14(17)9-3-4-9/h5-7,9,12H,3-4H2,1-2H3,(H,16,17). The van der Waals surface area contributed by atoms with Crippen molar-refractivity contribution in [2.45, 2.75) is 18.9 Å². The van der Waals surface area contributed by atoms with E-state index in [2.05, 4.69) is 11.4 Å². The minimum atomic E-state index is -0.724. The first kappa shape index (κ1) is 13.2. The van der Waals surface area contributed by atoms with Crippen molar-refractivity contribution in [1.82, 2.24) is 5.32 Å². The van der Waals surface area contributed by atoms with Crippen molar-refractivity contribution in [3.63, 3.8) is 0 Å². The van der Waals surface area contributed by atoms with Crippen LogP contribution in [0.1, 0.15) is 24.4 Å². The first-order valence-corrected chi connectivity index (χ1v) is 6.11. The molecule has 100 valence electrons. The van der Waals surface area contributed by atoms with E-state index in [1.807, 2.05) is 0 Å². The summed E-state index contributed by atoms with van der Waals surface area (Å²) in [5.74, 6) is 1.17. The Kier molecular flexibility index (Phi) is 3.91. The molecule has 0 radical (unpaired) electrons. The highest BCUT2D eigenvalue weighted by Gasteiger charge is 2.31. The summed E-state index contributed by atoms with van der Waals surface area (Å²) in [5, 5.41) is 12.0. The van der Waals surface area contributed by atoms with Crippen LogP contribution in [0.3, 0.4) is 0 Å². The Labute approximate surface area is 112 Å². The third-order valence-electron chi connectivity index (χ3n) is 3.11. The Hall–Kier alpha value is -2.22. The van der Waals surface area contributed by atoms with Crippen molar-refractivity contribution in [2.75, 3.05) is 14.2 Å². The number of hydrogen-bond acceptors (Lipinski definition) is 4. The number of amides is 1. The summed E-state index contributed by atoms with van der Waals surface area (Å²) in [5.41, 5.74) is 0.610. The monoisotopic (exact) mass is 260 g/mol. The minimum absolute atomic E-state index is 0.0625. The number of nitriles is 1. The fourth-order valence-corrected chi connectivity index (χ4v) is 1.85. The van der Waals surface area contributed by atoms with Crippen LogP contribution in [-0.2, 0) is 4.79 Å². The van der Waals surface area contributed by atoms with Crippen LogP contribution in [0.15, 0.2) is 18.2 Å². The highest BCUT2D eigenvalue weighted by molar-refractivity contribution is 5.81. The van der Waals surface area contributed by atoms with Crippen LogP contribution in [0, 0.1) is 17.2 Å². The fourth-order valence-electron chi connectivity index (χ4n) is 1.85. The van der Waals surface area contributed by atoms with E-state index in [-0.39, 0.29) is 11.8 Å². The van der Waals surface area contributed by atoms with E-state index >= 15 is 0 Å². The van der Waals surface area contributed by atoms with Gasteiger partial charge in [0.1, 0.15) is 17.5 Å². The normalized spacial score (nSPS) is 15.2. The summed E-state index contributed by atoms with van der Waals surface area (Å²) in [4.78, 5) is 11.8. The number of methoxy groups -OCH3 is 2. The van der Waals surface area contributed by atoms with E-state index in [0.717, 1.165) is 12.8 Å². The van der Waals surface area contributed by atoms with Crippen LogP contribution in [0.25, 0.3) is 0 Å². The van der Waals surface area contributed by atoms with Gasteiger partial charge in [-0.1, -0.05) is 0 Å². The Bertz CT molecular complexity index is 518. The third kappa shape index (κ3) is 2.97. The average molecular weight is 260 g/mol. The number of hydrogen-bond donors (Lipinski definition) is 1. The van der Waals surface area contributed by atoms with Gasteiger partial charge in [0.15, 0.2) is 0 Å². The summed E-state index contributed by atoms with van der Waals surface area (Å²) in [6, 6.07) is 6.55. The lowest BCUT2D eigenvalue weighted by atomic mass is 10.1. The van der Waals surface area contributed by atoms with Crippen LogP contribution in [0.5, 0.6) is 11.5 Å². The molecule has 1 N–H and O–H groups in total. The van der Waals surface area contributed by atoms with Crippen molar-refractivity contribution < 1.29 is 14.3 Å². The zero-order valence-electron chi connectivity index (χ0n) is 11.0. The molecule has 0 bridgehead atoms. The molecule has 1 aliphatic carbocycles. The summed E-state index contributed by atoms with van der Waals surface area (Å²) in [6.45, 7) is 0. The number of nitrogens with one attached hydrogen (secondary N) is 1. The van der Waals surface area contributed by atoms with Gasteiger partial charge in [-0.15, -0.1) is 0 Å². The molecule has 1 saturated carbocycles. The maximum Gasteiger partial charge on any atom is 0.224 e. The van der Waals surface area contributed by atoms with Crippen molar-refractivity contribution in [2.24, 2.45) is 5.92 Å². The van der Waals surface area contributed by atoms with Crippen molar-refractivity contribution in [3.05, 3.63) is 23.8 Å². The molecule has 0 saturated heterocycles. The summed E-state index contributed by atoms with van der Waals surface area (Å²) in [7, 11) is 3.08. The van der Waals surface area contributed by atoms with Gasteiger partial charge in [0, 0.05) is 11.5 Å². The van der Waals surface area contributed by atoms with E-state index in [1.165, 1.54) is 7.11 Å². The van der Waals surface area contributed by atoms with E-state index in [9.17, 15) is 10.1 Å². The lowest BCUT2D eigenvalue weighted by molar-refractivity contribution is -0.122. The number of benzene rings is 1. The molecular weight excluding hydrogens is 244 g/mol. The van der Waals surface area contributed by atoms with Crippen LogP contribution < -0.4 is 14.8 Å². The van der Waals surface area contributed by atoms with Gasteiger partial charge < -0.3 is 14.8 Å². The molecule has 5 heteroatoms. The van der Waals surface area contributed by atoms with Crippen LogP contribution in [-0.4, -0.2) is 20.1 Å². The zero-order valence-corrected chi connectivity index (χ0v) is 11.0. The van der Waals surface area contributed by atoms with Crippen molar-refractivity contribution >= 4 is 5.91 Å². The summed E-state index contributed by atoms with van der Waals surface area (Å²) >= 11 is 0. The lowest BCUT2D eigenvalue weighted by Gasteiger charge is -2.16. The number of carbonyl (C=O) groups excluding carboxylic acids is 1. The molecule has 1 atom stereocenters. The van der Waals surface area contributed by atoms with Gasteiger partial charge in [0.25, 0.3) is 0 Å². The average Bonchev–Trinajstić information content (AvgIpc) is 3.28. The van der Waals surface area contributed by atoms with Gasteiger partial charge >= 0.3 is 0 Å². The van der Waals surface area contributed by atoms with Crippen LogP contribution >= 0.6 is 0 Å². The van der Waals surface area contributed by atoms with Gasteiger partial charge in [-0.2, -0.15) is 5.26 Å². The quantitative estimate of drug-likeness (QED) is 0.876. The van der Waals surface area contributed by atoms with E-state index in [4.69, 9.17) is 9.47 Å². The number of ether oxygens (including phenoxy) is 2. The van der Waals surface area contributed by atoms with Gasteiger partial charge in [0.2, 0.25) is 5.91 Å². The topological polar surface area (TPSA) is 71.3 Å². The maximum atomic E-state index is 11.8. The molecule has 0 heterocycles. The number of nitrogens with zero attached hydrogens (tertiary/aromatic N) is 1. The molecule has 19 heavy (non-hydrogen) atoms. The molecule has 5 nitrogen and oxygen atoms in total. The molecule has 1 aromatic rings. The molecule has 1 aliphatic rings. The molecule has 0 spiro atoms. The van der Waals surface area contributed by atoms with Crippen molar-refractivity contribution in [3.8, 4) is 17.6 Å². The van der Waals surface area contributed by atoms with E-state index in [1.54, 1.807) is 25.3 Å². The Morgan fingerprint density at radius 3 is 2.68 bits per heavy atom. The number of carbonyl (C=O) groups is 1. The highest BCUT2D eigenvalue weighted by Crippen LogP contribution is 2.32. The second-order valence-electron chi connectivity index (χ2n) is 4.45. The molecule has 2 rings (SSSR count). The fraction of sp³-hybridized carbons (Fsp3) is 0.429. The molecule has 0 aromatic heterocycles. The van der Waals surface area contributed by atoms with E-state index < -0.39 is 6.04 Å². The predicted molar refractivity (Wildman–Crippen MR) is 68.8 cm³/mol. The van der Waals surface area contributed by atoms with Crippen LogP contribution in [0.2, 0.25) is 0 Å².